The SMILES string of the molecule is CCCCCCCCOc1ccccc1S. The Kier molecular flexibility index (Phi) is 7.15. The minimum Gasteiger partial charge on any atom is -0.492 e. The van der Waals surface area contributed by atoms with Gasteiger partial charge < -0.3 is 4.74 Å². The minimum atomic E-state index is 0.809. The van der Waals surface area contributed by atoms with Gasteiger partial charge in [-0.3, -0.25) is 0 Å². The van der Waals surface area contributed by atoms with Crippen molar-refractivity contribution in [1.82, 2.24) is 0 Å². The van der Waals surface area contributed by atoms with Gasteiger partial charge in [0.1, 0.15) is 5.75 Å². The quantitative estimate of drug-likeness (QED) is 0.509. The van der Waals surface area contributed by atoms with Crippen molar-refractivity contribution in [2.75, 3.05) is 6.61 Å². The van der Waals surface area contributed by atoms with Gasteiger partial charge >= 0.3 is 0 Å². The molecule has 90 valence electrons. The van der Waals surface area contributed by atoms with E-state index in [-0.39, 0.29) is 0 Å². The summed E-state index contributed by atoms with van der Waals surface area (Å²) in [6.07, 6.45) is 7.78. The van der Waals surface area contributed by atoms with E-state index < -0.39 is 0 Å². The monoisotopic (exact) mass is 238 g/mol. The highest BCUT2D eigenvalue weighted by Crippen LogP contribution is 2.21. The highest BCUT2D eigenvalue weighted by atomic mass is 32.1. The third-order valence-corrected chi connectivity index (χ3v) is 2.99. The lowest BCUT2D eigenvalue weighted by Crippen LogP contribution is -1.97. The summed E-state index contributed by atoms with van der Waals surface area (Å²) in [5.41, 5.74) is 0. The van der Waals surface area contributed by atoms with Crippen LogP contribution in [0.4, 0.5) is 0 Å². The van der Waals surface area contributed by atoms with Gasteiger partial charge in [-0.1, -0.05) is 51.2 Å². The summed E-state index contributed by atoms with van der Waals surface area (Å²) in [5.74, 6) is 0.902. The fourth-order valence-corrected chi connectivity index (χ4v) is 1.87. The van der Waals surface area contributed by atoms with Crippen LogP contribution in [0.25, 0.3) is 0 Å². The lowest BCUT2D eigenvalue weighted by atomic mass is 10.1. The summed E-state index contributed by atoms with van der Waals surface area (Å²) < 4.78 is 5.67. The molecule has 0 amide bonds. The smallest absolute Gasteiger partial charge is 0.132 e. The molecule has 0 unspecified atom stereocenters. The number of benzene rings is 1. The van der Waals surface area contributed by atoms with Gasteiger partial charge in [0.05, 0.1) is 6.61 Å². The maximum Gasteiger partial charge on any atom is 0.132 e. The maximum absolute atomic E-state index is 5.67. The average Bonchev–Trinajstić information content (AvgIpc) is 2.30. The average molecular weight is 238 g/mol. The van der Waals surface area contributed by atoms with Gasteiger partial charge in [0.15, 0.2) is 0 Å². The fraction of sp³-hybridized carbons (Fsp3) is 0.571. The van der Waals surface area contributed by atoms with E-state index in [1.807, 2.05) is 24.3 Å². The van der Waals surface area contributed by atoms with Crippen molar-refractivity contribution >= 4 is 12.6 Å². The molecule has 0 aliphatic rings. The number of para-hydroxylation sites is 1. The normalized spacial score (nSPS) is 10.4. The van der Waals surface area contributed by atoms with Crippen molar-refractivity contribution in [3.63, 3.8) is 0 Å². The Morgan fingerprint density at radius 2 is 1.69 bits per heavy atom. The second kappa shape index (κ2) is 8.51. The lowest BCUT2D eigenvalue weighted by molar-refractivity contribution is 0.298. The largest absolute Gasteiger partial charge is 0.492 e. The van der Waals surface area contributed by atoms with Crippen LogP contribution in [-0.4, -0.2) is 6.61 Å². The van der Waals surface area contributed by atoms with E-state index in [1.165, 1.54) is 32.1 Å². The summed E-state index contributed by atoms with van der Waals surface area (Å²) in [6.45, 7) is 3.05. The summed E-state index contributed by atoms with van der Waals surface area (Å²) >= 11 is 4.34. The first-order chi connectivity index (χ1) is 7.84. The molecule has 0 saturated carbocycles. The molecular formula is C14H22OS. The van der Waals surface area contributed by atoms with E-state index in [9.17, 15) is 0 Å². The Morgan fingerprint density at radius 3 is 2.44 bits per heavy atom. The molecule has 0 atom stereocenters. The molecule has 0 aliphatic carbocycles. The zero-order valence-electron chi connectivity index (χ0n) is 10.1. The third kappa shape index (κ3) is 5.45. The molecule has 1 rings (SSSR count). The summed E-state index contributed by atoms with van der Waals surface area (Å²) in [4.78, 5) is 0.925. The van der Waals surface area contributed by atoms with Crippen molar-refractivity contribution in [2.24, 2.45) is 0 Å². The van der Waals surface area contributed by atoms with Crippen LogP contribution in [0.15, 0.2) is 29.2 Å². The van der Waals surface area contributed by atoms with Crippen LogP contribution >= 0.6 is 12.6 Å². The molecule has 0 fully saturated rings. The summed E-state index contributed by atoms with van der Waals surface area (Å²) in [6, 6.07) is 7.88. The van der Waals surface area contributed by atoms with Crippen molar-refractivity contribution in [1.29, 1.82) is 0 Å². The topological polar surface area (TPSA) is 9.23 Å². The maximum atomic E-state index is 5.67. The van der Waals surface area contributed by atoms with Gasteiger partial charge in [-0.2, -0.15) is 0 Å². The molecular weight excluding hydrogens is 216 g/mol. The standard InChI is InChI=1S/C14H22OS/c1-2-3-4-5-6-9-12-15-13-10-7-8-11-14(13)16/h7-8,10-11,16H,2-6,9,12H2,1H3. The predicted molar refractivity (Wildman–Crippen MR) is 72.6 cm³/mol. The Labute approximate surface area is 105 Å². The zero-order chi connectivity index (χ0) is 11.6. The van der Waals surface area contributed by atoms with Crippen LogP contribution < -0.4 is 4.74 Å². The summed E-state index contributed by atoms with van der Waals surface area (Å²) in [5, 5.41) is 0. The number of hydrogen-bond acceptors (Lipinski definition) is 2. The van der Waals surface area contributed by atoms with E-state index in [4.69, 9.17) is 4.74 Å². The molecule has 0 saturated heterocycles. The van der Waals surface area contributed by atoms with Crippen LogP contribution in [-0.2, 0) is 0 Å². The molecule has 1 aromatic rings. The second-order valence-corrected chi connectivity index (χ2v) is 4.57. The molecule has 16 heavy (non-hydrogen) atoms. The molecule has 1 nitrogen and oxygen atoms in total. The van der Waals surface area contributed by atoms with Crippen LogP contribution in [0, 0.1) is 0 Å². The number of thiol groups is 1. The van der Waals surface area contributed by atoms with Crippen molar-refractivity contribution < 1.29 is 4.74 Å². The molecule has 0 spiro atoms. The first kappa shape index (κ1) is 13.4. The van der Waals surface area contributed by atoms with Gasteiger partial charge in [-0.25, -0.2) is 0 Å². The van der Waals surface area contributed by atoms with E-state index in [0.29, 0.717) is 0 Å². The third-order valence-electron chi connectivity index (χ3n) is 2.62. The van der Waals surface area contributed by atoms with Gasteiger partial charge in [0, 0.05) is 4.90 Å². The van der Waals surface area contributed by atoms with Gasteiger partial charge in [0.2, 0.25) is 0 Å². The van der Waals surface area contributed by atoms with Crippen LogP contribution in [0.1, 0.15) is 45.4 Å². The molecule has 0 N–H and O–H groups in total. The van der Waals surface area contributed by atoms with Crippen molar-refractivity contribution in [3.05, 3.63) is 24.3 Å². The van der Waals surface area contributed by atoms with Gasteiger partial charge in [0.25, 0.3) is 0 Å². The summed E-state index contributed by atoms with van der Waals surface area (Å²) in [7, 11) is 0. The van der Waals surface area contributed by atoms with Gasteiger partial charge in [-0.15, -0.1) is 12.6 Å². The van der Waals surface area contributed by atoms with Crippen LogP contribution in [0.3, 0.4) is 0 Å². The number of ether oxygens (including phenoxy) is 1. The molecule has 0 radical (unpaired) electrons. The Balaban J connectivity index is 2.05. The Morgan fingerprint density at radius 1 is 1.00 bits per heavy atom. The molecule has 1 aromatic carbocycles. The van der Waals surface area contributed by atoms with Crippen LogP contribution in [0.5, 0.6) is 5.75 Å². The first-order valence-corrected chi connectivity index (χ1v) is 6.70. The molecule has 0 aromatic heterocycles. The highest BCUT2D eigenvalue weighted by molar-refractivity contribution is 7.80. The number of hydrogen-bond donors (Lipinski definition) is 1. The number of rotatable bonds is 8. The van der Waals surface area contributed by atoms with Crippen molar-refractivity contribution in [2.45, 2.75) is 50.3 Å². The second-order valence-electron chi connectivity index (χ2n) is 4.08. The van der Waals surface area contributed by atoms with E-state index in [1.54, 1.807) is 0 Å². The molecule has 0 bridgehead atoms. The Hall–Kier alpha value is -0.630. The van der Waals surface area contributed by atoms with E-state index in [0.717, 1.165) is 23.7 Å². The lowest BCUT2D eigenvalue weighted by Gasteiger charge is -2.07. The Bertz CT molecular complexity index is 286. The van der Waals surface area contributed by atoms with Crippen molar-refractivity contribution in [3.8, 4) is 5.75 Å². The zero-order valence-corrected chi connectivity index (χ0v) is 11.0. The highest BCUT2D eigenvalue weighted by Gasteiger charge is 1.97. The van der Waals surface area contributed by atoms with E-state index >= 15 is 0 Å². The number of unbranched alkanes of at least 4 members (excludes halogenated alkanes) is 5. The minimum absolute atomic E-state index is 0.809. The molecule has 0 heterocycles. The van der Waals surface area contributed by atoms with E-state index in [2.05, 4.69) is 19.6 Å². The fourth-order valence-electron chi connectivity index (χ4n) is 1.64. The molecule has 0 aliphatic heterocycles. The van der Waals surface area contributed by atoms with Crippen LogP contribution in [0.2, 0.25) is 0 Å². The molecule has 2 heteroatoms. The first-order valence-electron chi connectivity index (χ1n) is 6.25. The van der Waals surface area contributed by atoms with Gasteiger partial charge in [-0.05, 0) is 18.6 Å². The predicted octanol–water partition coefficient (Wildman–Crippen LogP) is 4.71.